The Balaban J connectivity index is 1.31. The number of carbonyl (C=O) groups is 2. The Kier molecular flexibility index (Phi) is 5.18. The SMILES string of the molecule is CN1C(=O)C=C[C@]2(C)C3CC[C@@]4(C)C(CC[C@@H]4CC(=O)Nc4ccc(F)cn4)C3CCC12. The second kappa shape index (κ2) is 7.67. The van der Waals surface area contributed by atoms with Gasteiger partial charge in [0.25, 0.3) is 0 Å². The minimum Gasteiger partial charge on any atom is -0.338 e. The Morgan fingerprint density at radius 2 is 2.00 bits per heavy atom. The number of rotatable bonds is 3. The molecule has 4 aliphatic rings. The fourth-order valence-corrected chi connectivity index (χ4v) is 8.05. The quantitative estimate of drug-likeness (QED) is 0.736. The van der Waals surface area contributed by atoms with Gasteiger partial charge in [0, 0.05) is 24.9 Å². The first kappa shape index (κ1) is 21.6. The third-order valence-electron chi connectivity index (χ3n) is 9.75. The number of hydrogen-bond donors (Lipinski definition) is 1. The standard InChI is InChI=1S/C26H34FN3O2/c1-25-12-10-20-18(6-8-21-26(20,2)13-11-24(32)30(21)3)19(25)7-4-16(25)14-23(31)29-22-9-5-17(27)15-28-22/h5,9,11,13,15-16,18-21H,4,6-8,10,12,14H2,1-3H3,(H,28,29,31)/t16-,18?,19?,20?,21?,25-,26-/m1/s1. The van der Waals surface area contributed by atoms with Crippen LogP contribution in [0.3, 0.4) is 0 Å². The van der Waals surface area contributed by atoms with Gasteiger partial charge in [-0.05, 0) is 85.8 Å². The van der Waals surface area contributed by atoms with Crippen LogP contribution in [-0.2, 0) is 9.59 Å². The number of halogens is 1. The Bertz CT molecular complexity index is 947. The van der Waals surface area contributed by atoms with Crippen molar-refractivity contribution in [2.24, 2.45) is 34.5 Å². The van der Waals surface area contributed by atoms with Crippen LogP contribution in [0.4, 0.5) is 10.2 Å². The van der Waals surface area contributed by atoms with Crippen molar-refractivity contribution in [3.63, 3.8) is 0 Å². The molecule has 0 bridgehead atoms. The minimum atomic E-state index is -0.405. The highest BCUT2D eigenvalue weighted by atomic mass is 19.1. The Morgan fingerprint density at radius 1 is 1.19 bits per heavy atom. The van der Waals surface area contributed by atoms with E-state index in [1.54, 1.807) is 6.08 Å². The van der Waals surface area contributed by atoms with E-state index in [1.807, 2.05) is 11.9 Å². The number of likely N-dealkylation sites (N-methyl/N-ethyl adjacent to an activating group) is 1. The highest BCUT2D eigenvalue weighted by molar-refractivity contribution is 5.90. The Hall–Kier alpha value is -2.24. The summed E-state index contributed by atoms with van der Waals surface area (Å²) in [5.74, 6) is 2.38. The van der Waals surface area contributed by atoms with E-state index in [-0.39, 0.29) is 22.6 Å². The van der Waals surface area contributed by atoms with Crippen LogP contribution < -0.4 is 5.32 Å². The lowest BCUT2D eigenvalue weighted by Gasteiger charge is -2.60. The molecule has 1 aliphatic heterocycles. The van der Waals surface area contributed by atoms with E-state index >= 15 is 0 Å². The van der Waals surface area contributed by atoms with Gasteiger partial charge < -0.3 is 10.2 Å². The van der Waals surface area contributed by atoms with Crippen LogP contribution in [0.1, 0.15) is 58.8 Å². The molecule has 1 aromatic heterocycles. The lowest BCUT2D eigenvalue weighted by Crippen LogP contribution is -2.59. The molecule has 32 heavy (non-hydrogen) atoms. The number of anilines is 1. The number of amides is 2. The van der Waals surface area contributed by atoms with Crippen molar-refractivity contribution in [3.8, 4) is 0 Å². The molecule has 5 rings (SSSR count). The Morgan fingerprint density at radius 3 is 2.75 bits per heavy atom. The highest BCUT2D eigenvalue weighted by Crippen LogP contribution is 2.65. The summed E-state index contributed by atoms with van der Waals surface area (Å²) in [6.07, 6.45) is 12.5. The monoisotopic (exact) mass is 439 g/mol. The maximum atomic E-state index is 13.1. The molecule has 5 nitrogen and oxygen atoms in total. The normalized spacial score (nSPS) is 40.4. The predicted molar refractivity (Wildman–Crippen MR) is 121 cm³/mol. The van der Waals surface area contributed by atoms with Gasteiger partial charge in [0.15, 0.2) is 0 Å². The fraction of sp³-hybridized carbons (Fsp3) is 0.654. The molecule has 0 radical (unpaired) electrons. The van der Waals surface area contributed by atoms with Crippen molar-refractivity contribution < 1.29 is 14.0 Å². The zero-order valence-electron chi connectivity index (χ0n) is 19.3. The molecule has 1 N–H and O–H groups in total. The average molecular weight is 440 g/mol. The van der Waals surface area contributed by atoms with Gasteiger partial charge in [0.1, 0.15) is 11.6 Å². The molecular formula is C26H34FN3O2. The summed E-state index contributed by atoms with van der Waals surface area (Å²) in [6.45, 7) is 4.78. The number of pyridine rings is 1. The minimum absolute atomic E-state index is 0.0240. The molecule has 2 heterocycles. The molecule has 0 aromatic carbocycles. The van der Waals surface area contributed by atoms with Gasteiger partial charge >= 0.3 is 0 Å². The van der Waals surface area contributed by atoms with E-state index in [1.165, 1.54) is 25.0 Å². The van der Waals surface area contributed by atoms with Gasteiger partial charge in [-0.15, -0.1) is 0 Å². The molecule has 1 aromatic rings. The number of carbonyl (C=O) groups excluding carboxylic acids is 2. The van der Waals surface area contributed by atoms with Crippen LogP contribution in [-0.4, -0.2) is 34.8 Å². The lowest BCUT2D eigenvalue weighted by atomic mass is 9.47. The van der Waals surface area contributed by atoms with Crippen LogP contribution >= 0.6 is 0 Å². The van der Waals surface area contributed by atoms with Crippen molar-refractivity contribution in [1.29, 1.82) is 0 Å². The summed E-state index contributed by atoms with van der Waals surface area (Å²) >= 11 is 0. The third-order valence-corrected chi connectivity index (χ3v) is 9.75. The number of aromatic nitrogens is 1. The molecule has 0 spiro atoms. The van der Waals surface area contributed by atoms with Crippen LogP contribution in [0.25, 0.3) is 0 Å². The van der Waals surface area contributed by atoms with Crippen LogP contribution in [0.15, 0.2) is 30.5 Å². The maximum Gasteiger partial charge on any atom is 0.246 e. The first-order valence-corrected chi connectivity index (χ1v) is 12.1. The molecule has 4 unspecified atom stereocenters. The number of hydrogen-bond acceptors (Lipinski definition) is 3. The summed E-state index contributed by atoms with van der Waals surface area (Å²) in [5, 5.41) is 2.85. The van der Waals surface area contributed by atoms with E-state index < -0.39 is 5.82 Å². The van der Waals surface area contributed by atoms with Crippen LogP contribution in [0.2, 0.25) is 0 Å². The fourth-order valence-electron chi connectivity index (χ4n) is 8.05. The van der Waals surface area contributed by atoms with Crippen LogP contribution in [0.5, 0.6) is 0 Å². The smallest absolute Gasteiger partial charge is 0.246 e. The topological polar surface area (TPSA) is 62.3 Å². The van der Waals surface area contributed by atoms with Crippen molar-refractivity contribution in [2.75, 3.05) is 12.4 Å². The van der Waals surface area contributed by atoms with Gasteiger partial charge in [-0.3, -0.25) is 9.59 Å². The molecule has 6 heteroatoms. The third kappa shape index (κ3) is 3.29. The summed E-state index contributed by atoms with van der Waals surface area (Å²) in [7, 11) is 1.96. The van der Waals surface area contributed by atoms with Gasteiger partial charge in [-0.1, -0.05) is 19.9 Å². The van der Waals surface area contributed by atoms with E-state index in [0.717, 1.165) is 31.9 Å². The van der Waals surface area contributed by atoms with Gasteiger partial charge in [0.2, 0.25) is 11.8 Å². The van der Waals surface area contributed by atoms with Crippen molar-refractivity contribution in [1.82, 2.24) is 9.88 Å². The van der Waals surface area contributed by atoms with Gasteiger partial charge in [-0.2, -0.15) is 0 Å². The highest BCUT2D eigenvalue weighted by Gasteiger charge is 2.60. The number of fused-ring (bicyclic) bond motifs is 5. The molecule has 3 fully saturated rings. The molecule has 7 atom stereocenters. The average Bonchev–Trinajstić information content (AvgIpc) is 3.09. The van der Waals surface area contributed by atoms with Gasteiger partial charge in [0.05, 0.1) is 6.20 Å². The van der Waals surface area contributed by atoms with Crippen molar-refractivity contribution in [3.05, 3.63) is 36.3 Å². The van der Waals surface area contributed by atoms with Crippen molar-refractivity contribution >= 4 is 17.6 Å². The van der Waals surface area contributed by atoms with E-state index in [2.05, 4.69) is 30.2 Å². The summed E-state index contributed by atoms with van der Waals surface area (Å²) in [5.41, 5.74) is 0.231. The molecule has 3 saturated carbocycles. The zero-order chi connectivity index (χ0) is 22.7. The summed E-state index contributed by atoms with van der Waals surface area (Å²) in [4.78, 5) is 31.0. The Labute approximate surface area is 189 Å². The van der Waals surface area contributed by atoms with E-state index in [0.29, 0.717) is 42.0 Å². The molecule has 172 valence electrons. The second-order valence-corrected chi connectivity index (χ2v) is 11.1. The van der Waals surface area contributed by atoms with E-state index in [9.17, 15) is 14.0 Å². The maximum absolute atomic E-state index is 13.1. The second-order valence-electron chi connectivity index (χ2n) is 11.1. The largest absolute Gasteiger partial charge is 0.338 e. The molecular weight excluding hydrogens is 405 g/mol. The lowest BCUT2D eigenvalue weighted by molar-refractivity contribution is -0.139. The molecule has 2 amide bonds. The predicted octanol–water partition coefficient (Wildman–Crippen LogP) is 4.80. The molecule has 3 aliphatic carbocycles. The first-order chi connectivity index (χ1) is 15.2. The first-order valence-electron chi connectivity index (χ1n) is 12.1. The summed E-state index contributed by atoms with van der Waals surface area (Å²) < 4.78 is 13.1. The van der Waals surface area contributed by atoms with Crippen LogP contribution in [0, 0.1) is 40.3 Å². The zero-order valence-corrected chi connectivity index (χ0v) is 19.3. The molecule has 0 saturated heterocycles. The van der Waals surface area contributed by atoms with E-state index in [4.69, 9.17) is 0 Å². The van der Waals surface area contributed by atoms with Crippen molar-refractivity contribution in [2.45, 2.75) is 64.8 Å². The van der Waals surface area contributed by atoms with Gasteiger partial charge in [-0.25, -0.2) is 9.37 Å². The summed E-state index contributed by atoms with van der Waals surface area (Å²) in [6, 6.07) is 3.13. The number of nitrogens with zero attached hydrogens (tertiary/aromatic N) is 2. The number of nitrogens with one attached hydrogen (secondary N) is 1.